The van der Waals surface area contributed by atoms with Crippen molar-refractivity contribution >= 4 is 23.4 Å². The number of nitrogens with zero attached hydrogens (tertiary/aromatic N) is 5. The first-order chi connectivity index (χ1) is 14.2. The molecular formula is C20H20N8O. The monoisotopic (exact) mass is 388 g/mol. The maximum absolute atomic E-state index is 9.75. The van der Waals surface area contributed by atoms with Gasteiger partial charge in [-0.15, -0.1) is 5.10 Å². The molecule has 0 bridgehead atoms. The maximum Gasteiger partial charge on any atom is 0.248 e. The number of para-hydroxylation sites is 1. The molecule has 146 valence electrons. The fourth-order valence-electron chi connectivity index (χ4n) is 2.84. The molecule has 0 radical (unpaired) electrons. The van der Waals surface area contributed by atoms with Crippen LogP contribution in [0.15, 0.2) is 73.1 Å². The first-order valence-electron chi connectivity index (χ1n) is 9.02. The molecule has 0 fully saturated rings. The van der Waals surface area contributed by atoms with Crippen LogP contribution < -0.4 is 16.4 Å². The summed E-state index contributed by atoms with van der Waals surface area (Å²) in [7, 11) is 0. The molecule has 0 saturated carbocycles. The van der Waals surface area contributed by atoms with E-state index in [1.54, 1.807) is 6.07 Å². The van der Waals surface area contributed by atoms with Crippen LogP contribution in [0.1, 0.15) is 11.6 Å². The number of rotatable bonds is 7. The van der Waals surface area contributed by atoms with E-state index in [1.807, 2.05) is 60.7 Å². The lowest BCUT2D eigenvalue weighted by molar-refractivity contribution is 0.276. The molecule has 2 aromatic carbocycles. The van der Waals surface area contributed by atoms with E-state index in [0.29, 0.717) is 17.6 Å². The number of nitrogens with one attached hydrogen (secondary N) is 2. The summed E-state index contributed by atoms with van der Waals surface area (Å²) in [5.74, 6) is 1.54. The van der Waals surface area contributed by atoms with Crippen LogP contribution in [0.3, 0.4) is 0 Å². The Morgan fingerprint density at radius 1 is 1.00 bits per heavy atom. The van der Waals surface area contributed by atoms with Gasteiger partial charge in [0.15, 0.2) is 5.82 Å². The average molecular weight is 388 g/mol. The number of aliphatic hydroxyl groups is 1. The third-order valence-corrected chi connectivity index (χ3v) is 4.24. The first-order valence-corrected chi connectivity index (χ1v) is 9.02. The number of hydrogen-bond acceptors (Lipinski definition) is 8. The topological polar surface area (TPSA) is 127 Å². The lowest BCUT2D eigenvalue weighted by atomic mass is 10.1. The molecule has 2 aromatic heterocycles. The minimum absolute atomic E-state index is 0.0834. The summed E-state index contributed by atoms with van der Waals surface area (Å²) in [5.41, 5.74) is 7.82. The third-order valence-electron chi connectivity index (χ3n) is 4.24. The Kier molecular flexibility index (Phi) is 5.30. The second-order valence-corrected chi connectivity index (χ2v) is 6.25. The van der Waals surface area contributed by atoms with E-state index < -0.39 is 0 Å². The molecule has 0 unspecified atom stereocenters. The van der Waals surface area contributed by atoms with Gasteiger partial charge < -0.3 is 21.5 Å². The van der Waals surface area contributed by atoms with Gasteiger partial charge in [-0.1, -0.05) is 48.5 Å². The van der Waals surface area contributed by atoms with Crippen molar-refractivity contribution in [3.05, 3.63) is 78.6 Å². The van der Waals surface area contributed by atoms with E-state index in [9.17, 15) is 5.11 Å². The van der Waals surface area contributed by atoms with Crippen molar-refractivity contribution in [2.45, 2.75) is 6.04 Å². The average Bonchev–Trinajstić information content (AvgIpc) is 3.13. The summed E-state index contributed by atoms with van der Waals surface area (Å²) in [5, 5.41) is 20.4. The molecular weight excluding hydrogens is 368 g/mol. The second-order valence-electron chi connectivity index (χ2n) is 6.25. The van der Waals surface area contributed by atoms with Gasteiger partial charge in [-0.3, -0.25) is 0 Å². The van der Waals surface area contributed by atoms with Gasteiger partial charge in [0.1, 0.15) is 12.1 Å². The molecule has 2 heterocycles. The van der Waals surface area contributed by atoms with Gasteiger partial charge in [0, 0.05) is 11.8 Å². The van der Waals surface area contributed by atoms with Gasteiger partial charge in [-0.05, 0) is 17.7 Å². The van der Waals surface area contributed by atoms with Gasteiger partial charge in [-0.25, -0.2) is 9.97 Å². The van der Waals surface area contributed by atoms with Crippen molar-refractivity contribution in [1.82, 2.24) is 24.7 Å². The lowest BCUT2D eigenvalue weighted by Gasteiger charge is -2.17. The van der Waals surface area contributed by atoms with Crippen molar-refractivity contribution < 1.29 is 5.11 Å². The molecule has 4 aromatic rings. The molecule has 4 rings (SSSR count). The number of nitrogen functional groups attached to an aromatic ring is 1. The molecule has 1 atom stereocenters. The molecule has 5 N–H and O–H groups in total. The highest BCUT2D eigenvalue weighted by atomic mass is 16.3. The van der Waals surface area contributed by atoms with Gasteiger partial charge >= 0.3 is 0 Å². The van der Waals surface area contributed by atoms with E-state index in [2.05, 4.69) is 30.7 Å². The van der Waals surface area contributed by atoms with Crippen molar-refractivity contribution in [2.24, 2.45) is 0 Å². The summed E-state index contributed by atoms with van der Waals surface area (Å²) in [6.45, 7) is -0.0834. The van der Waals surface area contributed by atoms with E-state index in [0.717, 1.165) is 11.3 Å². The number of aliphatic hydroxyl groups excluding tert-OH is 1. The lowest BCUT2D eigenvalue weighted by Crippen LogP contribution is -2.16. The van der Waals surface area contributed by atoms with Crippen LogP contribution in [0.25, 0.3) is 5.82 Å². The Hall–Kier alpha value is -3.98. The fraction of sp³-hybridized carbons (Fsp3) is 0.100. The van der Waals surface area contributed by atoms with Crippen LogP contribution in [-0.4, -0.2) is 36.4 Å². The van der Waals surface area contributed by atoms with Gasteiger partial charge in [-0.2, -0.15) is 9.67 Å². The molecule has 0 saturated heterocycles. The van der Waals surface area contributed by atoms with E-state index >= 15 is 0 Å². The zero-order valence-electron chi connectivity index (χ0n) is 15.5. The van der Waals surface area contributed by atoms with E-state index in [4.69, 9.17) is 5.73 Å². The highest BCUT2D eigenvalue weighted by Crippen LogP contribution is 2.20. The predicted molar refractivity (Wildman–Crippen MR) is 111 cm³/mol. The Morgan fingerprint density at radius 2 is 1.72 bits per heavy atom. The molecule has 0 spiro atoms. The zero-order chi connectivity index (χ0) is 20.1. The number of hydrogen-bond donors (Lipinski definition) is 4. The summed E-state index contributed by atoms with van der Waals surface area (Å²) < 4.78 is 1.43. The number of nitrogens with two attached hydrogens (primary N) is 1. The number of aromatic nitrogens is 5. The smallest absolute Gasteiger partial charge is 0.248 e. The Bertz CT molecular complexity index is 1070. The Labute approximate surface area is 167 Å². The van der Waals surface area contributed by atoms with Gasteiger partial charge in [0.2, 0.25) is 11.9 Å². The summed E-state index contributed by atoms with van der Waals surface area (Å²) in [6.07, 6.45) is 1.41. The Morgan fingerprint density at radius 3 is 2.45 bits per heavy atom. The summed E-state index contributed by atoms with van der Waals surface area (Å²) in [4.78, 5) is 12.7. The molecule has 0 aliphatic rings. The second kappa shape index (κ2) is 8.36. The SMILES string of the molecule is Nc1nc(Nc2ccccc2)nn1-c1cc(N[C@@H](CO)c2ccccc2)ncn1. The van der Waals surface area contributed by atoms with Gasteiger partial charge in [0.05, 0.1) is 12.6 Å². The normalized spacial score (nSPS) is 11.8. The molecule has 0 amide bonds. The van der Waals surface area contributed by atoms with Crippen LogP contribution >= 0.6 is 0 Å². The van der Waals surface area contributed by atoms with Crippen LogP contribution in [0.4, 0.5) is 23.4 Å². The highest BCUT2D eigenvalue weighted by molar-refractivity contribution is 5.54. The highest BCUT2D eigenvalue weighted by Gasteiger charge is 2.14. The van der Waals surface area contributed by atoms with Crippen LogP contribution in [0, 0.1) is 0 Å². The van der Waals surface area contributed by atoms with Crippen molar-refractivity contribution in [1.29, 1.82) is 0 Å². The first kappa shape index (κ1) is 18.4. The van der Waals surface area contributed by atoms with Crippen LogP contribution in [0.2, 0.25) is 0 Å². The molecule has 9 heteroatoms. The maximum atomic E-state index is 9.75. The molecule has 9 nitrogen and oxygen atoms in total. The number of benzene rings is 2. The minimum atomic E-state index is -0.303. The number of anilines is 4. The molecule has 0 aliphatic heterocycles. The van der Waals surface area contributed by atoms with Gasteiger partial charge in [0.25, 0.3) is 0 Å². The molecule has 0 aliphatic carbocycles. The van der Waals surface area contributed by atoms with Crippen molar-refractivity contribution in [2.75, 3.05) is 23.0 Å². The van der Waals surface area contributed by atoms with Crippen LogP contribution in [0.5, 0.6) is 0 Å². The van der Waals surface area contributed by atoms with E-state index in [1.165, 1.54) is 11.0 Å². The fourth-order valence-corrected chi connectivity index (χ4v) is 2.84. The zero-order valence-corrected chi connectivity index (χ0v) is 15.5. The Balaban J connectivity index is 1.56. The standard InChI is InChI=1S/C20H20N8O/c21-19-26-20(24-15-9-5-2-6-10-15)27-28(19)18-11-17(22-13-23-18)25-16(12-29)14-7-3-1-4-8-14/h1-11,13,16,29H,12H2,(H,22,23,25)(H3,21,24,26,27)/t16-/m0/s1. The predicted octanol–water partition coefficient (Wildman–Crippen LogP) is 2.53. The summed E-state index contributed by atoms with van der Waals surface area (Å²) >= 11 is 0. The minimum Gasteiger partial charge on any atom is -0.394 e. The van der Waals surface area contributed by atoms with E-state index in [-0.39, 0.29) is 18.6 Å². The largest absolute Gasteiger partial charge is 0.394 e. The summed E-state index contributed by atoms with van der Waals surface area (Å²) in [6, 6.07) is 20.6. The van der Waals surface area contributed by atoms with Crippen molar-refractivity contribution in [3.8, 4) is 5.82 Å². The third kappa shape index (κ3) is 4.30. The molecule has 29 heavy (non-hydrogen) atoms. The van der Waals surface area contributed by atoms with Crippen LogP contribution in [-0.2, 0) is 0 Å². The van der Waals surface area contributed by atoms with Crippen molar-refractivity contribution in [3.63, 3.8) is 0 Å². The quantitative estimate of drug-likeness (QED) is 0.380.